The molecule has 0 aliphatic carbocycles. The van der Waals surface area contributed by atoms with Crippen molar-refractivity contribution in [2.45, 2.75) is 33.2 Å². The lowest BCUT2D eigenvalue weighted by Gasteiger charge is -2.18. The number of H-pyrrole nitrogens is 1. The van der Waals surface area contributed by atoms with Gasteiger partial charge in [-0.05, 0) is 50.1 Å². The summed E-state index contributed by atoms with van der Waals surface area (Å²) in [7, 11) is 1.62. The van der Waals surface area contributed by atoms with Gasteiger partial charge in [0.25, 0.3) is 5.56 Å². The SMILES string of the molecule is CNC(=O)CCCNCCn1c2nc(=O)[nH]c(=O)c-2nc2cc(C)c(C)cc21. The lowest BCUT2D eigenvalue weighted by Crippen LogP contribution is -2.30. The van der Waals surface area contributed by atoms with Crippen molar-refractivity contribution in [2.24, 2.45) is 0 Å². The van der Waals surface area contributed by atoms with Crippen LogP contribution in [0.3, 0.4) is 0 Å². The molecule has 2 aliphatic heterocycles. The van der Waals surface area contributed by atoms with E-state index in [0.29, 0.717) is 31.6 Å². The molecule has 0 radical (unpaired) electrons. The molecule has 9 nitrogen and oxygen atoms in total. The smallest absolute Gasteiger partial charge is 0.349 e. The first-order valence-corrected chi connectivity index (χ1v) is 9.24. The number of rotatable bonds is 7. The van der Waals surface area contributed by atoms with Gasteiger partial charge in [-0.15, -0.1) is 0 Å². The van der Waals surface area contributed by atoms with Crippen molar-refractivity contribution < 1.29 is 4.79 Å². The number of fused-ring (bicyclic) bond motifs is 2. The zero-order chi connectivity index (χ0) is 20.3. The van der Waals surface area contributed by atoms with Crippen LogP contribution >= 0.6 is 0 Å². The van der Waals surface area contributed by atoms with Crippen molar-refractivity contribution in [3.8, 4) is 11.5 Å². The highest BCUT2D eigenvalue weighted by molar-refractivity contribution is 5.81. The van der Waals surface area contributed by atoms with Gasteiger partial charge in [0.05, 0.1) is 11.0 Å². The lowest BCUT2D eigenvalue weighted by molar-refractivity contribution is -0.120. The molecule has 0 aromatic heterocycles. The topological polar surface area (TPSA) is 122 Å². The summed E-state index contributed by atoms with van der Waals surface area (Å²) in [6, 6.07) is 3.93. The molecule has 0 unspecified atom stereocenters. The molecule has 2 aliphatic rings. The fraction of sp³-hybridized carbons (Fsp3) is 0.421. The number of nitrogens with zero attached hydrogens (tertiary/aromatic N) is 3. The van der Waals surface area contributed by atoms with E-state index in [1.165, 1.54) is 0 Å². The Hall–Kier alpha value is -3.07. The standard InChI is InChI=1S/C19H24N6O3/c1-11-9-13-14(10-12(11)2)25(8-7-21-6-4-5-15(26)20-3)17-16(22-13)18(27)24-19(28)23-17/h9-10,21H,4-8H2,1-3H3,(H,20,26)(H,24,27,28). The van der Waals surface area contributed by atoms with E-state index in [4.69, 9.17) is 0 Å². The minimum Gasteiger partial charge on any atom is -0.359 e. The van der Waals surface area contributed by atoms with E-state index in [1.54, 1.807) is 7.05 Å². The van der Waals surface area contributed by atoms with E-state index < -0.39 is 11.2 Å². The summed E-state index contributed by atoms with van der Waals surface area (Å²) in [5, 5.41) is 5.88. The van der Waals surface area contributed by atoms with Crippen molar-refractivity contribution in [3.05, 3.63) is 44.1 Å². The van der Waals surface area contributed by atoms with E-state index in [-0.39, 0.29) is 17.4 Å². The fourth-order valence-electron chi connectivity index (χ4n) is 3.09. The molecular weight excluding hydrogens is 360 g/mol. The molecule has 1 aromatic rings. The van der Waals surface area contributed by atoms with Gasteiger partial charge in [0.15, 0.2) is 11.5 Å². The first kappa shape index (κ1) is 19.7. The Balaban J connectivity index is 1.92. The van der Waals surface area contributed by atoms with Crippen molar-refractivity contribution in [3.63, 3.8) is 0 Å². The molecule has 3 rings (SSSR count). The zero-order valence-electron chi connectivity index (χ0n) is 16.3. The molecule has 2 heterocycles. The third-order valence-corrected chi connectivity index (χ3v) is 4.77. The van der Waals surface area contributed by atoms with Crippen LogP contribution in [-0.2, 0) is 11.3 Å². The van der Waals surface area contributed by atoms with Crippen LogP contribution in [0.1, 0.15) is 24.0 Å². The Kier molecular flexibility index (Phi) is 5.84. The Morgan fingerprint density at radius 3 is 2.64 bits per heavy atom. The van der Waals surface area contributed by atoms with Gasteiger partial charge in [0, 0.05) is 26.6 Å². The monoisotopic (exact) mass is 384 g/mol. The summed E-state index contributed by atoms with van der Waals surface area (Å²) in [4.78, 5) is 45.9. The maximum absolute atomic E-state index is 12.2. The summed E-state index contributed by atoms with van der Waals surface area (Å²) in [5.74, 6) is 0.288. The molecule has 1 amide bonds. The van der Waals surface area contributed by atoms with E-state index in [2.05, 4.69) is 25.6 Å². The Morgan fingerprint density at radius 2 is 1.89 bits per heavy atom. The van der Waals surface area contributed by atoms with Gasteiger partial charge >= 0.3 is 5.69 Å². The molecule has 148 valence electrons. The zero-order valence-corrected chi connectivity index (χ0v) is 16.3. The van der Waals surface area contributed by atoms with Crippen LogP contribution in [0.15, 0.2) is 21.7 Å². The second kappa shape index (κ2) is 8.30. The fourth-order valence-corrected chi connectivity index (χ4v) is 3.09. The highest BCUT2D eigenvalue weighted by Crippen LogP contribution is 2.23. The summed E-state index contributed by atoms with van der Waals surface area (Å²) < 4.78 is 1.85. The maximum Gasteiger partial charge on any atom is 0.349 e. The minimum atomic E-state index is -0.685. The molecule has 0 saturated carbocycles. The van der Waals surface area contributed by atoms with Crippen molar-refractivity contribution in [1.82, 2.24) is 30.2 Å². The number of amides is 1. The minimum absolute atomic E-state index is 0.0135. The molecular formula is C19H24N6O3. The molecule has 1 aromatic carbocycles. The number of aromatic nitrogens is 4. The summed E-state index contributed by atoms with van der Waals surface area (Å²) in [5.41, 5.74) is 2.59. The molecule has 0 fully saturated rings. The molecule has 0 spiro atoms. The predicted octanol–water partition coefficient (Wildman–Crippen LogP) is 0.317. The summed E-state index contributed by atoms with van der Waals surface area (Å²) in [6.45, 7) is 5.79. The van der Waals surface area contributed by atoms with Crippen LogP contribution in [0.4, 0.5) is 0 Å². The number of hydrogen-bond donors (Lipinski definition) is 3. The number of nitrogens with one attached hydrogen (secondary N) is 3. The van der Waals surface area contributed by atoms with Crippen LogP contribution in [-0.4, -0.2) is 45.6 Å². The van der Waals surface area contributed by atoms with Crippen molar-refractivity contribution in [2.75, 3.05) is 20.1 Å². The number of carbonyl (C=O) groups is 1. The van der Waals surface area contributed by atoms with Gasteiger partial charge in [-0.1, -0.05) is 0 Å². The highest BCUT2D eigenvalue weighted by atomic mass is 16.2. The van der Waals surface area contributed by atoms with Crippen LogP contribution in [0.2, 0.25) is 0 Å². The van der Waals surface area contributed by atoms with Gasteiger partial charge in [-0.2, -0.15) is 4.98 Å². The predicted molar refractivity (Wildman–Crippen MR) is 107 cm³/mol. The molecule has 3 N–H and O–H groups in total. The first-order valence-electron chi connectivity index (χ1n) is 9.24. The Bertz CT molecular complexity index is 1100. The highest BCUT2D eigenvalue weighted by Gasteiger charge is 2.18. The van der Waals surface area contributed by atoms with Gasteiger partial charge in [0.1, 0.15) is 0 Å². The van der Waals surface area contributed by atoms with Gasteiger partial charge < -0.3 is 15.2 Å². The number of benzene rings is 1. The summed E-state index contributed by atoms with van der Waals surface area (Å²) in [6.07, 6.45) is 1.19. The van der Waals surface area contributed by atoms with Crippen LogP contribution < -0.4 is 21.9 Å². The number of aromatic amines is 1. The Labute approximate surface area is 161 Å². The van der Waals surface area contributed by atoms with Crippen molar-refractivity contribution >= 4 is 16.9 Å². The van der Waals surface area contributed by atoms with Crippen LogP contribution in [0.25, 0.3) is 22.6 Å². The van der Waals surface area contributed by atoms with Gasteiger partial charge in [-0.3, -0.25) is 14.6 Å². The summed E-state index contributed by atoms with van der Waals surface area (Å²) >= 11 is 0. The first-order chi connectivity index (χ1) is 13.4. The largest absolute Gasteiger partial charge is 0.359 e. The van der Waals surface area contributed by atoms with E-state index in [9.17, 15) is 14.4 Å². The molecule has 9 heteroatoms. The van der Waals surface area contributed by atoms with Gasteiger partial charge in [0.2, 0.25) is 5.91 Å². The second-order valence-corrected chi connectivity index (χ2v) is 6.76. The van der Waals surface area contributed by atoms with E-state index in [0.717, 1.165) is 23.1 Å². The van der Waals surface area contributed by atoms with Crippen LogP contribution in [0.5, 0.6) is 0 Å². The quantitative estimate of drug-likeness (QED) is 0.398. The molecule has 0 bridgehead atoms. The lowest BCUT2D eigenvalue weighted by atomic mass is 10.1. The molecule has 28 heavy (non-hydrogen) atoms. The third kappa shape index (κ3) is 4.09. The number of carbonyl (C=O) groups excluding carboxylic acids is 1. The molecule has 0 atom stereocenters. The maximum atomic E-state index is 12.2. The number of hydrogen-bond acceptors (Lipinski definition) is 6. The normalized spacial score (nSPS) is 11.2. The van der Waals surface area contributed by atoms with Crippen LogP contribution in [0, 0.1) is 13.8 Å². The Morgan fingerprint density at radius 1 is 1.14 bits per heavy atom. The van der Waals surface area contributed by atoms with Gasteiger partial charge in [-0.25, -0.2) is 9.78 Å². The van der Waals surface area contributed by atoms with Crippen molar-refractivity contribution in [1.29, 1.82) is 0 Å². The second-order valence-electron chi connectivity index (χ2n) is 6.76. The average molecular weight is 384 g/mol. The van der Waals surface area contributed by atoms with E-state index in [1.807, 2.05) is 30.5 Å². The third-order valence-electron chi connectivity index (χ3n) is 4.77. The molecule has 0 saturated heterocycles. The number of aryl methyl sites for hydroxylation is 2. The average Bonchev–Trinajstić information content (AvgIpc) is 2.65. The van der Waals surface area contributed by atoms with E-state index >= 15 is 0 Å².